The maximum atomic E-state index is 13.1. The molecule has 5 atom stereocenters. The standard InChI is InChI=1S/C89H144O17P2/c1-5-9-13-17-21-25-29-33-37-39-41-43-47-50-54-58-62-66-70-74-87(92)100-80-84(105-88(93)75-71-67-63-59-55-51-46-36-32-28-24-20-16-12-8-4)81-103-107(95,96)101-77-83(90)78-102-108(97,98)104-82-85(79-99-86(91)73-69-65-61-57-53-49-45-35-31-27-23-19-15-11-7-3)106-89(94)76-72-68-64-60-56-52-48-44-42-40-38-34-30-26-22-18-14-10-6-2/h9-10,13-14,21-23,25-28,32-35,37-38,41-45,50,52,54,56,62,64,66,68,83-85,90H,5-8,11-12,15-20,24,29-31,36,39-40,46-49,51,53,55,57-61,63,65,67,69-82H2,1-4H3,(H,95,96)(H,97,98)/b13-9-,14-10-,25-21-,26-22-,27-23-,32-28-,37-33-,38-34-,43-41-,44-42-,45-35-,54-50-,56-52-,66-62-,68-64-/t83-,84-,85-/m1/s1. The molecule has 19 heteroatoms. The lowest BCUT2D eigenvalue weighted by Gasteiger charge is -2.21. The van der Waals surface area contributed by atoms with Gasteiger partial charge in [0.15, 0.2) is 12.2 Å². The number of carbonyl (C=O) groups is 4. The van der Waals surface area contributed by atoms with Gasteiger partial charge in [0.05, 0.1) is 26.4 Å². The average molecular weight is 1550 g/mol. The van der Waals surface area contributed by atoms with Crippen molar-refractivity contribution in [2.75, 3.05) is 39.6 Å². The van der Waals surface area contributed by atoms with Crippen LogP contribution in [0.15, 0.2) is 182 Å². The molecule has 0 radical (unpaired) electrons. The number of aliphatic hydroxyl groups excluding tert-OH is 1. The lowest BCUT2D eigenvalue weighted by molar-refractivity contribution is -0.161. The van der Waals surface area contributed by atoms with Gasteiger partial charge in [0.25, 0.3) is 0 Å². The van der Waals surface area contributed by atoms with E-state index in [1.54, 1.807) is 0 Å². The molecular formula is C89H144O17P2. The normalized spacial score (nSPS) is 14.8. The predicted molar refractivity (Wildman–Crippen MR) is 445 cm³/mol. The summed E-state index contributed by atoms with van der Waals surface area (Å²) in [5, 5.41) is 10.7. The number of carbonyl (C=O) groups excluding carboxylic acids is 4. The van der Waals surface area contributed by atoms with Crippen molar-refractivity contribution in [3.05, 3.63) is 182 Å². The van der Waals surface area contributed by atoms with Crippen molar-refractivity contribution < 1.29 is 80.2 Å². The summed E-state index contributed by atoms with van der Waals surface area (Å²) in [4.78, 5) is 73.1. The molecule has 0 heterocycles. The summed E-state index contributed by atoms with van der Waals surface area (Å²) in [5.74, 6) is -2.40. The van der Waals surface area contributed by atoms with Gasteiger partial charge in [-0.05, 0) is 161 Å². The van der Waals surface area contributed by atoms with Crippen molar-refractivity contribution in [3.8, 4) is 0 Å². The number of rotatable bonds is 75. The summed E-state index contributed by atoms with van der Waals surface area (Å²) >= 11 is 0. The van der Waals surface area contributed by atoms with Gasteiger partial charge in [-0.1, -0.05) is 293 Å². The smallest absolute Gasteiger partial charge is 0.462 e. The summed E-state index contributed by atoms with van der Waals surface area (Å²) in [6, 6.07) is 0. The molecule has 0 aliphatic rings. The first-order chi connectivity index (χ1) is 52.7. The molecule has 0 aromatic carbocycles. The lowest BCUT2D eigenvalue weighted by Crippen LogP contribution is -2.30. The van der Waals surface area contributed by atoms with E-state index in [9.17, 15) is 43.2 Å². The number of phosphoric ester groups is 2. The Hall–Kier alpha value is -5.84. The molecule has 0 amide bonds. The van der Waals surface area contributed by atoms with Gasteiger partial charge in [0.1, 0.15) is 19.3 Å². The largest absolute Gasteiger partial charge is 0.472 e. The Labute approximate surface area is 654 Å². The van der Waals surface area contributed by atoms with Gasteiger partial charge >= 0.3 is 39.5 Å². The molecule has 0 saturated carbocycles. The number of phosphoric acid groups is 2. The fourth-order valence-electron chi connectivity index (χ4n) is 10.2. The summed E-state index contributed by atoms with van der Waals surface area (Å²) in [6.07, 6.45) is 96.1. The van der Waals surface area contributed by atoms with Gasteiger partial charge in [-0.15, -0.1) is 0 Å². The molecule has 0 aromatic heterocycles. The molecule has 612 valence electrons. The number of aliphatic hydroxyl groups is 1. The van der Waals surface area contributed by atoms with Crippen LogP contribution in [0.1, 0.15) is 297 Å². The number of hydrogen-bond donors (Lipinski definition) is 3. The fourth-order valence-corrected chi connectivity index (χ4v) is 11.8. The molecule has 0 fully saturated rings. The molecule has 0 aliphatic heterocycles. The van der Waals surface area contributed by atoms with Crippen LogP contribution in [-0.4, -0.2) is 96.7 Å². The Morgan fingerprint density at radius 2 is 0.500 bits per heavy atom. The lowest BCUT2D eigenvalue weighted by atomic mass is 10.1. The van der Waals surface area contributed by atoms with Crippen LogP contribution in [0, 0.1) is 0 Å². The van der Waals surface area contributed by atoms with Crippen molar-refractivity contribution in [2.24, 2.45) is 0 Å². The van der Waals surface area contributed by atoms with Gasteiger partial charge in [-0.25, -0.2) is 9.13 Å². The van der Waals surface area contributed by atoms with E-state index in [1.807, 2.05) is 36.5 Å². The van der Waals surface area contributed by atoms with Crippen LogP contribution in [0.3, 0.4) is 0 Å². The summed E-state index contributed by atoms with van der Waals surface area (Å²) in [6.45, 7) is 4.41. The highest BCUT2D eigenvalue weighted by Crippen LogP contribution is 2.45. The Kier molecular flexibility index (Phi) is 75.0. The molecule has 0 bridgehead atoms. The maximum absolute atomic E-state index is 13.1. The van der Waals surface area contributed by atoms with Gasteiger partial charge in [-0.3, -0.25) is 37.3 Å². The van der Waals surface area contributed by atoms with Crippen molar-refractivity contribution in [1.29, 1.82) is 0 Å². The van der Waals surface area contributed by atoms with Crippen LogP contribution < -0.4 is 0 Å². The third-order valence-electron chi connectivity index (χ3n) is 16.4. The zero-order chi connectivity index (χ0) is 78.9. The van der Waals surface area contributed by atoms with E-state index in [1.165, 1.54) is 44.9 Å². The minimum absolute atomic E-state index is 0.0278. The van der Waals surface area contributed by atoms with E-state index in [-0.39, 0.29) is 25.7 Å². The third kappa shape index (κ3) is 78.3. The Morgan fingerprint density at radius 3 is 0.843 bits per heavy atom. The maximum Gasteiger partial charge on any atom is 0.472 e. The molecule has 3 N–H and O–H groups in total. The van der Waals surface area contributed by atoms with Crippen molar-refractivity contribution in [1.82, 2.24) is 0 Å². The van der Waals surface area contributed by atoms with Crippen LogP contribution in [0.2, 0.25) is 0 Å². The SMILES string of the molecule is CC/C=C\C/C=C\C/C=C\C/C=C\C/C=C\C/C=C\CCC(=O)OC[C@H](COP(=O)(O)OC[C@@H](O)COP(=O)(O)OC[C@@H](COC(=O)CCCCCCC/C=C\C/C=C\CCCCC)OC(=O)CC/C=C\C/C=C\C/C=C\C/C=C\C/C=C\C/C=C\CC)OC(=O)CCCCCCCCC/C=C\CCCCCC. The molecule has 17 nitrogen and oxygen atoms in total. The van der Waals surface area contributed by atoms with Gasteiger partial charge < -0.3 is 33.8 Å². The van der Waals surface area contributed by atoms with E-state index < -0.39 is 97.5 Å². The van der Waals surface area contributed by atoms with Crippen molar-refractivity contribution in [2.45, 2.75) is 316 Å². The first-order valence-electron chi connectivity index (χ1n) is 41.0. The zero-order valence-electron chi connectivity index (χ0n) is 66.9. The number of hydrogen-bond acceptors (Lipinski definition) is 15. The minimum Gasteiger partial charge on any atom is -0.462 e. The van der Waals surface area contributed by atoms with Crippen LogP contribution in [-0.2, 0) is 65.4 Å². The predicted octanol–water partition coefficient (Wildman–Crippen LogP) is 24.3. The summed E-state index contributed by atoms with van der Waals surface area (Å²) in [5.41, 5.74) is 0. The number of unbranched alkanes of at least 4 members (excludes halogenated alkanes) is 19. The first-order valence-corrected chi connectivity index (χ1v) is 44.0. The molecule has 108 heavy (non-hydrogen) atoms. The van der Waals surface area contributed by atoms with Crippen LogP contribution >= 0.6 is 15.6 Å². The quantitative estimate of drug-likeness (QED) is 0.0169. The van der Waals surface area contributed by atoms with Crippen LogP contribution in [0.25, 0.3) is 0 Å². The monoisotopic (exact) mass is 1550 g/mol. The highest BCUT2D eigenvalue weighted by atomic mass is 31.2. The van der Waals surface area contributed by atoms with E-state index >= 15 is 0 Å². The molecule has 0 aromatic rings. The second-order valence-corrected chi connectivity index (χ2v) is 29.5. The van der Waals surface area contributed by atoms with E-state index in [4.69, 9.17) is 37.0 Å². The minimum atomic E-state index is -5.02. The van der Waals surface area contributed by atoms with E-state index in [0.29, 0.717) is 38.5 Å². The molecule has 0 aliphatic carbocycles. The van der Waals surface area contributed by atoms with Crippen molar-refractivity contribution >= 4 is 39.5 Å². The first kappa shape index (κ1) is 102. The van der Waals surface area contributed by atoms with E-state index in [2.05, 4.69) is 174 Å². The molecular weight excluding hydrogens is 1400 g/mol. The highest BCUT2D eigenvalue weighted by Gasteiger charge is 2.30. The molecule has 0 spiro atoms. The third-order valence-corrected chi connectivity index (χ3v) is 18.3. The second-order valence-electron chi connectivity index (χ2n) is 26.6. The molecule has 0 rings (SSSR count). The van der Waals surface area contributed by atoms with Crippen LogP contribution in [0.4, 0.5) is 0 Å². The van der Waals surface area contributed by atoms with Crippen LogP contribution in [0.5, 0.6) is 0 Å². The topological polar surface area (TPSA) is 237 Å². The van der Waals surface area contributed by atoms with Crippen molar-refractivity contribution in [3.63, 3.8) is 0 Å². The van der Waals surface area contributed by atoms with E-state index in [0.717, 1.165) is 161 Å². The molecule has 2 unspecified atom stereocenters. The summed E-state index contributed by atoms with van der Waals surface area (Å²) in [7, 11) is -10.0. The second kappa shape index (κ2) is 79.3. The number of esters is 4. The van der Waals surface area contributed by atoms with Gasteiger partial charge in [0, 0.05) is 25.7 Å². The zero-order valence-corrected chi connectivity index (χ0v) is 68.7. The average Bonchev–Trinajstić information content (AvgIpc) is 0.914. The Bertz CT molecular complexity index is 2760. The highest BCUT2D eigenvalue weighted by molar-refractivity contribution is 7.47. The van der Waals surface area contributed by atoms with Gasteiger partial charge in [0.2, 0.25) is 0 Å². The Morgan fingerprint density at radius 1 is 0.269 bits per heavy atom. The summed E-state index contributed by atoms with van der Waals surface area (Å²) < 4.78 is 68.5. The number of ether oxygens (including phenoxy) is 4. The van der Waals surface area contributed by atoms with Gasteiger partial charge in [-0.2, -0.15) is 0 Å². The molecule has 0 saturated heterocycles. The number of allylic oxidation sites excluding steroid dienone is 30. The Balaban J connectivity index is 5.53. The fraction of sp³-hybridized carbons (Fsp3) is 0.618.